The van der Waals surface area contributed by atoms with Crippen molar-refractivity contribution in [2.75, 3.05) is 18.4 Å². The van der Waals surface area contributed by atoms with Crippen LogP contribution in [0.1, 0.15) is 18.4 Å². The monoisotopic (exact) mass is 231 g/mol. The minimum Gasteiger partial charge on any atom is -0.365 e. The number of aryl methyl sites for hydroxylation is 1. The van der Waals surface area contributed by atoms with Crippen LogP contribution in [0.4, 0.5) is 5.82 Å². The molecule has 5 nitrogen and oxygen atoms in total. The Morgan fingerprint density at radius 1 is 1.41 bits per heavy atom. The maximum atomic E-state index is 4.36. The highest BCUT2D eigenvalue weighted by Crippen LogP contribution is 2.23. The lowest BCUT2D eigenvalue weighted by Crippen LogP contribution is -2.38. The van der Waals surface area contributed by atoms with Gasteiger partial charge in [-0.1, -0.05) is 0 Å². The van der Waals surface area contributed by atoms with E-state index in [9.17, 15) is 0 Å². The van der Waals surface area contributed by atoms with Crippen molar-refractivity contribution in [3.63, 3.8) is 0 Å². The quantitative estimate of drug-likeness (QED) is 0.731. The van der Waals surface area contributed by atoms with Gasteiger partial charge in [0.15, 0.2) is 0 Å². The van der Waals surface area contributed by atoms with Crippen LogP contribution in [-0.4, -0.2) is 34.1 Å². The molecule has 1 aliphatic heterocycles. The molecule has 0 saturated carbocycles. The molecule has 1 saturated heterocycles. The number of aromatic nitrogens is 3. The first-order valence-corrected chi connectivity index (χ1v) is 6.10. The molecule has 90 valence electrons. The molecule has 3 heterocycles. The van der Waals surface area contributed by atoms with Crippen molar-refractivity contribution in [3.8, 4) is 0 Å². The third kappa shape index (κ3) is 1.98. The number of fused-ring (bicyclic) bond motifs is 1. The summed E-state index contributed by atoms with van der Waals surface area (Å²) in [6.07, 6.45) is 6.00. The summed E-state index contributed by atoms with van der Waals surface area (Å²) in [5.74, 6) is 0.947. The molecule has 1 fully saturated rings. The second kappa shape index (κ2) is 4.33. The average Bonchev–Trinajstić information content (AvgIpc) is 2.74. The van der Waals surface area contributed by atoms with Gasteiger partial charge in [-0.05, 0) is 31.9 Å². The number of nitrogens with zero attached hydrogens (tertiary/aromatic N) is 2. The summed E-state index contributed by atoms with van der Waals surface area (Å²) < 4.78 is 0. The van der Waals surface area contributed by atoms with E-state index in [-0.39, 0.29) is 0 Å². The molecule has 3 N–H and O–H groups in total. The van der Waals surface area contributed by atoms with E-state index >= 15 is 0 Å². The third-order valence-electron chi connectivity index (χ3n) is 3.30. The highest BCUT2D eigenvalue weighted by atomic mass is 15.1. The van der Waals surface area contributed by atoms with Crippen LogP contribution >= 0.6 is 0 Å². The maximum Gasteiger partial charge on any atom is 0.143 e. The molecule has 17 heavy (non-hydrogen) atoms. The van der Waals surface area contributed by atoms with Crippen molar-refractivity contribution in [2.24, 2.45) is 0 Å². The van der Waals surface area contributed by atoms with Crippen molar-refractivity contribution < 1.29 is 0 Å². The molecule has 1 aliphatic rings. The summed E-state index contributed by atoms with van der Waals surface area (Å²) in [5.41, 5.74) is 2.09. The fourth-order valence-electron chi connectivity index (χ4n) is 2.40. The summed E-state index contributed by atoms with van der Waals surface area (Å²) in [6.45, 7) is 4.21. The number of H-pyrrole nitrogens is 1. The molecule has 1 atom stereocenters. The standard InChI is InChI=1S/C12H17N5/c1-8-5-14-11-10(8)12(16-7-15-11)17-9-3-2-4-13-6-9/h5,7,9,13H,2-4,6H2,1H3,(H2,14,15,16,17)/t9-/m1/s1. The SMILES string of the molecule is Cc1c[nH]c2ncnc(N[C@@H]3CCCNC3)c12. The fraction of sp³-hybridized carbons (Fsp3) is 0.500. The molecule has 0 bridgehead atoms. The molecule has 2 aromatic heterocycles. The van der Waals surface area contributed by atoms with Gasteiger partial charge in [0, 0.05) is 18.8 Å². The zero-order chi connectivity index (χ0) is 11.7. The molecular weight excluding hydrogens is 214 g/mol. The summed E-state index contributed by atoms with van der Waals surface area (Å²) in [7, 11) is 0. The van der Waals surface area contributed by atoms with Gasteiger partial charge in [0.25, 0.3) is 0 Å². The van der Waals surface area contributed by atoms with Gasteiger partial charge in [0.1, 0.15) is 17.8 Å². The van der Waals surface area contributed by atoms with Crippen LogP contribution in [0.2, 0.25) is 0 Å². The molecule has 0 radical (unpaired) electrons. The summed E-state index contributed by atoms with van der Waals surface area (Å²) >= 11 is 0. The first-order valence-electron chi connectivity index (χ1n) is 6.10. The highest BCUT2D eigenvalue weighted by Gasteiger charge is 2.15. The summed E-state index contributed by atoms with van der Waals surface area (Å²) in [5, 5.41) is 8.02. The minimum absolute atomic E-state index is 0.469. The van der Waals surface area contributed by atoms with Gasteiger partial charge >= 0.3 is 0 Å². The lowest BCUT2D eigenvalue weighted by atomic mass is 10.1. The van der Waals surface area contributed by atoms with E-state index in [0.29, 0.717) is 6.04 Å². The van der Waals surface area contributed by atoms with Gasteiger partial charge in [-0.3, -0.25) is 0 Å². The lowest BCUT2D eigenvalue weighted by molar-refractivity contribution is 0.479. The van der Waals surface area contributed by atoms with E-state index < -0.39 is 0 Å². The van der Waals surface area contributed by atoms with Crippen molar-refractivity contribution >= 4 is 16.9 Å². The molecule has 0 aliphatic carbocycles. The Bertz CT molecular complexity index is 513. The number of piperidine rings is 1. The van der Waals surface area contributed by atoms with Crippen LogP contribution in [0.3, 0.4) is 0 Å². The normalized spacial score (nSPS) is 20.6. The van der Waals surface area contributed by atoms with Crippen LogP contribution in [0.15, 0.2) is 12.5 Å². The van der Waals surface area contributed by atoms with Gasteiger partial charge in [-0.2, -0.15) is 0 Å². The predicted octanol–water partition coefficient (Wildman–Crippen LogP) is 1.43. The van der Waals surface area contributed by atoms with E-state index in [1.807, 2.05) is 6.20 Å². The van der Waals surface area contributed by atoms with Gasteiger partial charge in [0.2, 0.25) is 0 Å². The van der Waals surface area contributed by atoms with Crippen molar-refractivity contribution in [3.05, 3.63) is 18.1 Å². The van der Waals surface area contributed by atoms with Gasteiger partial charge < -0.3 is 15.6 Å². The number of hydrogen-bond acceptors (Lipinski definition) is 4. The first-order chi connectivity index (χ1) is 8.34. The molecular formula is C12H17N5. The molecule has 0 spiro atoms. The minimum atomic E-state index is 0.469. The van der Waals surface area contributed by atoms with Gasteiger partial charge in [-0.25, -0.2) is 9.97 Å². The number of anilines is 1. The van der Waals surface area contributed by atoms with E-state index in [0.717, 1.165) is 29.9 Å². The number of rotatable bonds is 2. The van der Waals surface area contributed by atoms with Crippen LogP contribution < -0.4 is 10.6 Å². The Balaban J connectivity index is 1.91. The molecule has 0 aromatic carbocycles. The van der Waals surface area contributed by atoms with Crippen LogP contribution in [-0.2, 0) is 0 Å². The summed E-state index contributed by atoms with van der Waals surface area (Å²) in [6, 6.07) is 0.469. The van der Waals surface area contributed by atoms with E-state index in [2.05, 4.69) is 32.5 Å². The van der Waals surface area contributed by atoms with Crippen LogP contribution in [0.25, 0.3) is 11.0 Å². The molecule has 0 amide bonds. The average molecular weight is 231 g/mol. The Hall–Kier alpha value is -1.62. The van der Waals surface area contributed by atoms with E-state index in [1.165, 1.54) is 18.4 Å². The largest absolute Gasteiger partial charge is 0.365 e. The number of hydrogen-bond donors (Lipinski definition) is 3. The van der Waals surface area contributed by atoms with Gasteiger partial charge in [-0.15, -0.1) is 0 Å². The van der Waals surface area contributed by atoms with Crippen molar-refractivity contribution in [2.45, 2.75) is 25.8 Å². The van der Waals surface area contributed by atoms with Crippen LogP contribution in [0.5, 0.6) is 0 Å². The van der Waals surface area contributed by atoms with Crippen molar-refractivity contribution in [1.82, 2.24) is 20.3 Å². The van der Waals surface area contributed by atoms with Crippen molar-refractivity contribution in [1.29, 1.82) is 0 Å². The zero-order valence-electron chi connectivity index (χ0n) is 9.95. The topological polar surface area (TPSA) is 65.6 Å². The lowest BCUT2D eigenvalue weighted by Gasteiger charge is -2.24. The molecule has 0 unspecified atom stereocenters. The molecule has 2 aromatic rings. The molecule has 5 heteroatoms. The number of nitrogens with one attached hydrogen (secondary N) is 3. The van der Waals surface area contributed by atoms with Crippen LogP contribution in [0, 0.1) is 6.92 Å². The van der Waals surface area contributed by atoms with E-state index in [1.54, 1.807) is 6.33 Å². The second-order valence-electron chi connectivity index (χ2n) is 4.61. The Kier molecular flexibility index (Phi) is 2.68. The highest BCUT2D eigenvalue weighted by molar-refractivity contribution is 5.90. The Morgan fingerprint density at radius 2 is 2.35 bits per heavy atom. The first kappa shape index (κ1) is 10.5. The second-order valence-corrected chi connectivity index (χ2v) is 4.61. The molecule has 3 rings (SSSR count). The Morgan fingerprint density at radius 3 is 3.18 bits per heavy atom. The summed E-state index contributed by atoms with van der Waals surface area (Å²) in [4.78, 5) is 11.8. The third-order valence-corrected chi connectivity index (χ3v) is 3.30. The van der Waals surface area contributed by atoms with E-state index in [4.69, 9.17) is 0 Å². The fourth-order valence-corrected chi connectivity index (χ4v) is 2.40. The zero-order valence-corrected chi connectivity index (χ0v) is 9.95. The number of aromatic amines is 1. The smallest absolute Gasteiger partial charge is 0.143 e. The maximum absolute atomic E-state index is 4.36. The Labute approximate surface area is 100 Å². The predicted molar refractivity (Wildman–Crippen MR) is 68.1 cm³/mol. The van der Waals surface area contributed by atoms with Gasteiger partial charge in [0.05, 0.1) is 5.39 Å².